The van der Waals surface area contributed by atoms with E-state index in [1.165, 1.54) is 12.1 Å². The van der Waals surface area contributed by atoms with Crippen LogP contribution in [0.5, 0.6) is 0 Å². The number of benzene rings is 2. The summed E-state index contributed by atoms with van der Waals surface area (Å²) in [5.41, 5.74) is 1.17. The molecule has 3 aromatic rings. The molecule has 1 aromatic heterocycles. The fraction of sp³-hybridized carbons (Fsp3) is 0.0714. The molecule has 0 radical (unpaired) electrons. The monoisotopic (exact) mass is 313 g/mol. The second-order valence-corrected chi connectivity index (χ2v) is 4.77. The van der Waals surface area contributed by atoms with Crippen LogP contribution in [-0.2, 0) is 6.54 Å². The van der Waals surface area contributed by atoms with Crippen molar-refractivity contribution in [3.63, 3.8) is 0 Å². The lowest BCUT2D eigenvalue weighted by Gasteiger charge is -2.05. The number of nitro benzene ring substituents is 2. The number of nitro groups is 2. The summed E-state index contributed by atoms with van der Waals surface area (Å²) in [5.74, 6) is 0.610. The molecule has 0 spiro atoms. The van der Waals surface area contributed by atoms with E-state index in [-0.39, 0.29) is 23.6 Å². The van der Waals surface area contributed by atoms with Crippen molar-refractivity contribution in [1.82, 2.24) is 9.97 Å². The van der Waals surface area contributed by atoms with Gasteiger partial charge in [0, 0.05) is 6.07 Å². The first-order valence-corrected chi connectivity index (χ1v) is 6.65. The minimum Gasteiger partial charge on any atom is -0.372 e. The fourth-order valence-electron chi connectivity index (χ4n) is 2.20. The lowest BCUT2D eigenvalue weighted by molar-refractivity contribution is -0.393. The highest BCUT2D eigenvalue weighted by Gasteiger charge is 2.19. The summed E-state index contributed by atoms with van der Waals surface area (Å²) in [6.45, 7) is 0.229. The van der Waals surface area contributed by atoms with Gasteiger partial charge in [-0.15, -0.1) is 0 Å². The number of hydrogen-bond acceptors (Lipinski definition) is 6. The number of imidazole rings is 1. The molecule has 0 amide bonds. The van der Waals surface area contributed by atoms with Gasteiger partial charge in [-0.1, -0.05) is 12.1 Å². The molecule has 2 N–H and O–H groups in total. The molecule has 0 atom stereocenters. The zero-order valence-electron chi connectivity index (χ0n) is 11.7. The first-order valence-electron chi connectivity index (χ1n) is 6.65. The van der Waals surface area contributed by atoms with Crippen LogP contribution in [0.2, 0.25) is 0 Å². The quantitative estimate of drug-likeness (QED) is 0.550. The molecule has 9 nitrogen and oxygen atoms in total. The van der Waals surface area contributed by atoms with E-state index in [9.17, 15) is 20.2 Å². The molecule has 116 valence electrons. The molecule has 0 aliphatic rings. The van der Waals surface area contributed by atoms with Gasteiger partial charge in [-0.3, -0.25) is 20.2 Å². The summed E-state index contributed by atoms with van der Waals surface area (Å²) in [7, 11) is 0. The molecule has 23 heavy (non-hydrogen) atoms. The van der Waals surface area contributed by atoms with Crippen molar-refractivity contribution in [3.8, 4) is 0 Å². The normalized spacial score (nSPS) is 10.6. The van der Waals surface area contributed by atoms with Gasteiger partial charge < -0.3 is 10.3 Å². The highest BCUT2D eigenvalue weighted by molar-refractivity contribution is 5.74. The summed E-state index contributed by atoms with van der Waals surface area (Å²) in [4.78, 5) is 27.9. The van der Waals surface area contributed by atoms with Crippen LogP contribution >= 0.6 is 0 Å². The zero-order valence-corrected chi connectivity index (χ0v) is 11.7. The third-order valence-corrected chi connectivity index (χ3v) is 3.27. The molecule has 0 aliphatic heterocycles. The Morgan fingerprint density at radius 1 is 1.09 bits per heavy atom. The van der Waals surface area contributed by atoms with Crippen molar-refractivity contribution in [2.45, 2.75) is 6.54 Å². The number of hydrogen-bond donors (Lipinski definition) is 2. The topological polar surface area (TPSA) is 127 Å². The summed E-state index contributed by atoms with van der Waals surface area (Å²) >= 11 is 0. The largest absolute Gasteiger partial charge is 0.372 e. The maximum absolute atomic E-state index is 11.1. The average molecular weight is 313 g/mol. The minimum absolute atomic E-state index is 0.195. The zero-order chi connectivity index (χ0) is 16.4. The minimum atomic E-state index is -0.671. The number of para-hydroxylation sites is 2. The number of nitrogens with one attached hydrogen (secondary N) is 2. The molecule has 0 saturated heterocycles. The highest BCUT2D eigenvalue weighted by atomic mass is 16.6. The van der Waals surface area contributed by atoms with E-state index in [1.54, 1.807) is 0 Å². The van der Waals surface area contributed by atoms with Gasteiger partial charge in [-0.25, -0.2) is 4.98 Å². The van der Waals surface area contributed by atoms with E-state index >= 15 is 0 Å². The van der Waals surface area contributed by atoms with Gasteiger partial charge in [0.1, 0.15) is 11.5 Å². The number of anilines is 1. The van der Waals surface area contributed by atoms with E-state index in [4.69, 9.17) is 0 Å². The molecule has 9 heteroatoms. The second-order valence-electron chi connectivity index (χ2n) is 4.77. The SMILES string of the molecule is O=[N+]([O-])c1ccc(NCc2nc3ccccc3[nH]2)c([N+](=O)[O-])c1. The van der Waals surface area contributed by atoms with Gasteiger partial charge in [-0.05, 0) is 18.2 Å². The van der Waals surface area contributed by atoms with Gasteiger partial charge in [0.25, 0.3) is 11.4 Å². The Morgan fingerprint density at radius 2 is 1.87 bits per heavy atom. The van der Waals surface area contributed by atoms with Crippen LogP contribution in [0.1, 0.15) is 5.82 Å². The van der Waals surface area contributed by atoms with Gasteiger partial charge in [0.2, 0.25) is 0 Å². The number of aromatic amines is 1. The van der Waals surface area contributed by atoms with Crippen LogP contribution in [0.25, 0.3) is 11.0 Å². The number of non-ortho nitro benzene ring substituents is 1. The van der Waals surface area contributed by atoms with Crippen LogP contribution < -0.4 is 5.32 Å². The molecular weight excluding hydrogens is 302 g/mol. The van der Waals surface area contributed by atoms with Crippen LogP contribution in [0.3, 0.4) is 0 Å². The Hall–Kier alpha value is -3.49. The summed E-state index contributed by atoms with van der Waals surface area (Å²) in [6.07, 6.45) is 0. The van der Waals surface area contributed by atoms with Crippen molar-refractivity contribution in [3.05, 3.63) is 68.5 Å². The van der Waals surface area contributed by atoms with Gasteiger partial charge in [0.15, 0.2) is 0 Å². The predicted molar refractivity (Wildman–Crippen MR) is 83.2 cm³/mol. The maximum Gasteiger partial charge on any atom is 0.299 e. The number of nitrogens with zero attached hydrogens (tertiary/aromatic N) is 3. The molecule has 0 fully saturated rings. The van der Waals surface area contributed by atoms with Crippen molar-refractivity contribution < 1.29 is 9.85 Å². The number of fused-ring (bicyclic) bond motifs is 1. The number of rotatable bonds is 5. The number of H-pyrrole nitrogens is 1. The van der Waals surface area contributed by atoms with Gasteiger partial charge in [-0.2, -0.15) is 0 Å². The molecule has 2 aromatic carbocycles. The van der Waals surface area contributed by atoms with Crippen LogP contribution in [-0.4, -0.2) is 19.8 Å². The van der Waals surface area contributed by atoms with Crippen LogP contribution in [0.15, 0.2) is 42.5 Å². The molecule has 1 heterocycles. The molecule has 0 aliphatic carbocycles. The van der Waals surface area contributed by atoms with E-state index in [0.717, 1.165) is 17.1 Å². The fourth-order valence-corrected chi connectivity index (χ4v) is 2.20. The Morgan fingerprint density at radius 3 is 2.57 bits per heavy atom. The maximum atomic E-state index is 11.1. The lowest BCUT2D eigenvalue weighted by atomic mass is 10.2. The lowest BCUT2D eigenvalue weighted by Crippen LogP contribution is -2.04. The van der Waals surface area contributed by atoms with Crippen LogP contribution in [0, 0.1) is 20.2 Å². The van der Waals surface area contributed by atoms with Crippen molar-refractivity contribution in [2.24, 2.45) is 0 Å². The van der Waals surface area contributed by atoms with E-state index < -0.39 is 9.85 Å². The molecular formula is C14H11N5O4. The Bertz CT molecular complexity index is 872. The summed E-state index contributed by atoms with van der Waals surface area (Å²) in [6, 6.07) is 10.9. The first-order chi connectivity index (χ1) is 11.0. The smallest absolute Gasteiger partial charge is 0.299 e. The van der Waals surface area contributed by atoms with Crippen molar-refractivity contribution >= 4 is 28.1 Å². The predicted octanol–water partition coefficient (Wildman–Crippen LogP) is 2.99. The molecule has 3 rings (SSSR count). The Kier molecular flexibility index (Phi) is 3.59. The van der Waals surface area contributed by atoms with E-state index in [1.807, 2.05) is 24.3 Å². The summed E-state index contributed by atoms with van der Waals surface area (Å²) < 4.78 is 0. The second kappa shape index (κ2) is 5.72. The van der Waals surface area contributed by atoms with Gasteiger partial charge >= 0.3 is 0 Å². The standard InChI is InChI=1S/C14H11N5O4/c20-18(21)9-5-6-12(13(7-9)19(22)23)15-8-14-16-10-3-1-2-4-11(10)17-14/h1-7,15H,8H2,(H,16,17). The average Bonchev–Trinajstić information content (AvgIpc) is 2.95. The Labute approximate surface area is 129 Å². The Balaban J connectivity index is 1.84. The third-order valence-electron chi connectivity index (χ3n) is 3.27. The summed E-state index contributed by atoms with van der Waals surface area (Å²) in [5, 5.41) is 24.7. The van der Waals surface area contributed by atoms with Crippen molar-refractivity contribution in [1.29, 1.82) is 0 Å². The van der Waals surface area contributed by atoms with Crippen LogP contribution in [0.4, 0.5) is 17.1 Å². The molecule has 0 bridgehead atoms. The first kappa shape index (κ1) is 14.4. The van der Waals surface area contributed by atoms with Crippen molar-refractivity contribution in [2.75, 3.05) is 5.32 Å². The third kappa shape index (κ3) is 2.93. The number of aromatic nitrogens is 2. The molecule has 0 saturated carbocycles. The van der Waals surface area contributed by atoms with E-state index in [2.05, 4.69) is 15.3 Å². The van der Waals surface area contributed by atoms with E-state index in [0.29, 0.717) is 5.82 Å². The highest BCUT2D eigenvalue weighted by Crippen LogP contribution is 2.29. The van der Waals surface area contributed by atoms with Gasteiger partial charge in [0.05, 0.1) is 33.5 Å². The molecule has 0 unspecified atom stereocenters.